The van der Waals surface area contributed by atoms with Gasteiger partial charge >= 0.3 is 15.6 Å². The van der Waals surface area contributed by atoms with E-state index in [9.17, 15) is 31.5 Å². The van der Waals surface area contributed by atoms with Crippen molar-refractivity contribution in [2.75, 3.05) is 19.0 Å². The summed E-state index contributed by atoms with van der Waals surface area (Å²) in [5.41, 5.74) is -5.52. The Morgan fingerprint density at radius 2 is 1.91 bits per heavy atom. The van der Waals surface area contributed by atoms with Gasteiger partial charge in [0.25, 0.3) is 0 Å². The molecule has 0 atom stereocenters. The maximum Gasteiger partial charge on any atom is 0.534 e. The number of phenols is 1. The molecule has 22 heavy (non-hydrogen) atoms. The van der Waals surface area contributed by atoms with E-state index in [1.807, 2.05) is 0 Å². The fourth-order valence-corrected chi connectivity index (χ4v) is 1.87. The molecule has 0 bridgehead atoms. The molecule has 10 heteroatoms. The zero-order chi connectivity index (χ0) is 17.1. The van der Waals surface area contributed by atoms with E-state index in [1.165, 1.54) is 12.1 Å². The van der Waals surface area contributed by atoms with E-state index < -0.39 is 27.1 Å². The third-order valence-corrected chi connectivity index (χ3v) is 3.43. The molecule has 0 spiro atoms. The Balaban J connectivity index is 3.30. The zero-order valence-electron chi connectivity index (χ0n) is 11.5. The van der Waals surface area contributed by atoms with E-state index in [-0.39, 0.29) is 11.8 Å². The summed E-state index contributed by atoms with van der Waals surface area (Å²) in [6.45, 7) is 0. The lowest BCUT2D eigenvalue weighted by Crippen LogP contribution is -2.25. The van der Waals surface area contributed by atoms with Crippen molar-refractivity contribution in [1.82, 2.24) is 0 Å². The smallest absolute Gasteiger partial charge is 0.507 e. The van der Waals surface area contributed by atoms with Gasteiger partial charge in [-0.25, -0.2) is 0 Å². The van der Waals surface area contributed by atoms with E-state index in [4.69, 9.17) is 0 Å². The number of carbonyl (C=O) groups excluding carboxylic acids is 1. The van der Waals surface area contributed by atoms with Crippen molar-refractivity contribution in [3.63, 3.8) is 0 Å². The number of anilines is 1. The third-order valence-electron chi connectivity index (χ3n) is 2.47. The molecule has 1 aromatic rings. The summed E-state index contributed by atoms with van der Waals surface area (Å²) in [6, 6.07) is 3.71. The van der Waals surface area contributed by atoms with Crippen LogP contribution in [0.25, 0.3) is 5.76 Å². The van der Waals surface area contributed by atoms with Crippen molar-refractivity contribution in [3.8, 4) is 5.75 Å². The first-order valence-corrected chi connectivity index (χ1v) is 7.07. The summed E-state index contributed by atoms with van der Waals surface area (Å²) in [5, 5.41) is 9.80. The molecule has 0 fully saturated rings. The number of nitrogens with zero attached hydrogens (tertiary/aromatic N) is 1. The van der Waals surface area contributed by atoms with Crippen molar-refractivity contribution in [2.45, 2.75) is 5.51 Å². The largest absolute Gasteiger partial charge is 0.534 e. The van der Waals surface area contributed by atoms with Crippen LogP contribution in [-0.4, -0.2) is 39.4 Å². The van der Waals surface area contributed by atoms with Crippen LogP contribution in [0.5, 0.6) is 5.75 Å². The molecule has 0 heterocycles. The Kier molecular flexibility index (Phi) is 5.07. The Morgan fingerprint density at radius 3 is 2.32 bits per heavy atom. The summed E-state index contributed by atoms with van der Waals surface area (Å²) >= 11 is 0. The first kappa shape index (κ1) is 17.8. The summed E-state index contributed by atoms with van der Waals surface area (Å²) in [7, 11) is -2.65. The van der Waals surface area contributed by atoms with E-state index >= 15 is 0 Å². The number of phenolic OH excluding ortho intramolecular Hbond substituents is 1. The quantitative estimate of drug-likeness (QED) is 0.290. The first-order valence-electron chi connectivity index (χ1n) is 5.66. The molecule has 0 aliphatic carbocycles. The van der Waals surface area contributed by atoms with Gasteiger partial charge in [-0.15, -0.1) is 0 Å². The zero-order valence-corrected chi connectivity index (χ0v) is 12.3. The summed E-state index contributed by atoms with van der Waals surface area (Å²) < 4.78 is 62.9. The Hall–Kier alpha value is -2.23. The van der Waals surface area contributed by atoms with Crippen molar-refractivity contribution >= 4 is 27.9 Å². The van der Waals surface area contributed by atoms with E-state index in [0.29, 0.717) is 11.8 Å². The van der Waals surface area contributed by atoms with Gasteiger partial charge in [0.05, 0.1) is 5.56 Å². The lowest BCUT2D eigenvalue weighted by atomic mass is 10.1. The molecule has 122 valence electrons. The summed E-state index contributed by atoms with van der Waals surface area (Å²) in [6.07, 6.45) is 0.508. The van der Waals surface area contributed by atoms with Gasteiger partial charge in [0.15, 0.2) is 5.76 Å². The van der Waals surface area contributed by atoms with Gasteiger partial charge in [-0.3, -0.25) is 4.79 Å². The van der Waals surface area contributed by atoms with Crippen molar-refractivity contribution in [2.24, 2.45) is 0 Å². The predicted molar refractivity (Wildman–Crippen MR) is 72.5 cm³/mol. The molecular weight excluding hydrogens is 327 g/mol. The summed E-state index contributed by atoms with van der Waals surface area (Å²) in [4.78, 5) is 12.1. The average molecular weight is 339 g/mol. The molecule has 0 aromatic heterocycles. The number of benzene rings is 1. The lowest BCUT2D eigenvalue weighted by molar-refractivity contribution is -0.104. The van der Waals surface area contributed by atoms with Crippen LogP contribution in [0, 0.1) is 0 Å². The normalized spacial score (nSPS) is 12.9. The number of hydrogen-bond acceptors (Lipinski definition) is 6. The SMILES string of the molecule is CN(C)c1ccc(/C(=C\C=O)OS(=O)(=O)C(F)(F)F)c(O)c1. The van der Waals surface area contributed by atoms with Gasteiger partial charge < -0.3 is 14.2 Å². The number of alkyl halides is 3. The van der Waals surface area contributed by atoms with Gasteiger partial charge in [0, 0.05) is 31.9 Å². The minimum Gasteiger partial charge on any atom is -0.507 e. The minimum absolute atomic E-state index is 0.0422. The molecule has 0 unspecified atom stereocenters. The average Bonchev–Trinajstić information content (AvgIpc) is 2.36. The second kappa shape index (κ2) is 6.26. The van der Waals surface area contributed by atoms with E-state index in [1.54, 1.807) is 19.0 Å². The van der Waals surface area contributed by atoms with Crippen LogP contribution in [0.15, 0.2) is 24.3 Å². The summed E-state index contributed by atoms with van der Waals surface area (Å²) in [5.74, 6) is -1.48. The second-order valence-electron chi connectivity index (χ2n) is 4.25. The predicted octanol–water partition coefficient (Wildman–Crippen LogP) is 1.86. The third kappa shape index (κ3) is 3.91. The highest BCUT2D eigenvalue weighted by Gasteiger charge is 2.49. The Labute approximate surface area is 124 Å². The molecule has 0 aliphatic heterocycles. The molecular formula is C12H12F3NO5S. The fraction of sp³-hybridized carbons (Fsp3) is 0.250. The fourth-order valence-electron chi connectivity index (χ4n) is 1.40. The van der Waals surface area contributed by atoms with Gasteiger partial charge in [-0.1, -0.05) is 0 Å². The van der Waals surface area contributed by atoms with Gasteiger partial charge in [-0.2, -0.15) is 21.6 Å². The molecule has 0 radical (unpaired) electrons. The van der Waals surface area contributed by atoms with Crippen molar-refractivity contribution in [1.29, 1.82) is 0 Å². The topological polar surface area (TPSA) is 83.9 Å². The van der Waals surface area contributed by atoms with Crippen LogP contribution >= 0.6 is 0 Å². The van der Waals surface area contributed by atoms with Gasteiger partial charge in [0.2, 0.25) is 0 Å². The number of aldehydes is 1. The molecule has 1 N–H and O–H groups in total. The second-order valence-corrected chi connectivity index (χ2v) is 5.78. The Morgan fingerprint density at radius 1 is 1.32 bits per heavy atom. The van der Waals surface area contributed by atoms with Crippen LogP contribution in [0.4, 0.5) is 18.9 Å². The maximum absolute atomic E-state index is 12.3. The van der Waals surface area contributed by atoms with Crippen molar-refractivity contribution < 1.29 is 35.7 Å². The maximum atomic E-state index is 12.3. The first-order chi connectivity index (χ1) is 9.99. The number of aromatic hydroxyl groups is 1. The molecule has 1 aromatic carbocycles. The molecule has 1 rings (SSSR count). The standard InChI is InChI=1S/C12H12F3NO5S/c1-16(2)8-3-4-9(10(18)7-8)11(5-6-17)21-22(19,20)12(13,14)15/h3-7,18H,1-2H3/b11-5+. The molecule has 0 aliphatic rings. The van der Waals surface area contributed by atoms with Crippen LogP contribution in [-0.2, 0) is 19.1 Å². The van der Waals surface area contributed by atoms with E-state index in [2.05, 4.69) is 4.18 Å². The van der Waals surface area contributed by atoms with Crippen LogP contribution < -0.4 is 4.90 Å². The monoisotopic (exact) mass is 339 g/mol. The highest BCUT2D eigenvalue weighted by atomic mass is 32.2. The van der Waals surface area contributed by atoms with E-state index in [0.717, 1.165) is 6.07 Å². The van der Waals surface area contributed by atoms with Crippen LogP contribution in [0.2, 0.25) is 0 Å². The van der Waals surface area contributed by atoms with Gasteiger partial charge in [-0.05, 0) is 12.1 Å². The molecule has 0 saturated carbocycles. The van der Waals surface area contributed by atoms with Gasteiger partial charge in [0.1, 0.15) is 12.0 Å². The minimum atomic E-state index is -5.96. The lowest BCUT2D eigenvalue weighted by Gasteiger charge is -2.16. The van der Waals surface area contributed by atoms with Crippen molar-refractivity contribution in [3.05, 3.63) is 29.8 Å². The highest BCUT2D eigenvalue weighted by Crippen LogP contribution is 2.34. The number of allylic oxidation sites excluding steroid dienone is 1. The number of hydrogen-bond donors (Lipinski definition) is 1. The highest BCUT2D eigenvalue weighted by molar-refractivity contribution is 7.87. The Bertz CT molecular complexity index is 695. The molecule has 0 saturated heterocycles. The van der Waals surface area contributed by atoms with Crippen LogP contribution in [0.3, 0.4) is 0 Å². The number of rotatable bonds is 5. The number of carbonyl (C=O) groups is 1. The molecule has 6 nitrogen and oxygen atoms in total. The number of halogens is 3. The molecule has 0 amide bonds. The van der Waals surface area contributed by atoms with Crippen LogP contribution in [0.1, 0.15) is 5.56 Å².